The Bertz CT molecular complexity index is 421. The summed E-state index contributed by atoms with van der Waals surface area (Å²) >= 11 is 0. The molecule has 1 atom stereocenters. The quantitative estimate of drug-likeness (QED) is 0.695. The highest BCUT2D eigenvalue weighted by Crippen LogP contribution is 2.23. The Labute approximate surface area is 129 Å². The minimum absolute atomic E-state index is 0.561. The minimum Gasteiger partial charge on any atom is -0.477 e. The monoisotopic (exact) mass is 293 g/mol. The van der Waals surface area contributed by atoms with Crippen LogP contribution in [0.2, 0.25) is 0 Å². The maximum Gasteiger partial charge on any atom is 0.221 e. The second-order valence-electron chi connectivity index (χ2n) is 5.80. The van der Waals surface area contributed by atoms with E-state index >= 15 is 0 Å². The first kappa shape index (κ1) is 17.7. The van der Waals surface area contributed by atoms with Gasteiger partial charge in [0, 0.05) is 13.0 Å². The predicted molar refractivity (Wildman–Crippen MR) is 89.1 cm³/mol. The minimum atomic E-state index is 0.561. The molecule has 0 spiro atoms. The summed E-state index contributed by atoms with van der Waals surface area (Å²) in [5.41, 5.74) is 1.02. The summed E-state index contributed by atoms with van der Waals surface area (Å²) in [5.74, 6) is 3.11. The zero-order valence-corrected chi connectivity index (χ0v) is 14.3. The van der Waals surface area contributed by atoms with Gasteiger partial charge in [0.1, 0.15) is 11.6 Å². The maximum atomic E-state index is 5.97. The molecule has 0 aromatic carbocycles. The predicted octanol–water partition coefficient (Wildman–Crippen LogP) is 4.37. The van der Waals surface area contributed by atoms with Gasteiger partial charge in [-0.3, -0.25) is 0 Å². The molecule has 4 nitrogen and oxygen atoms in total. The van der Waals surface area contributed by atoms with Crippen LogP contribution < -0.4 is 10.1 Å². The molecule has 4 heteroatoms. The SMILES string of the molecule is CCCNc1nc(CCC)nc(OCC(C)CCC)c1C. The molecular weight excluding hydrogens is 262 g/mol. The van der Waals surface area contributed by atoms with Crippen molar-refractivity contribution in [3.63, 3.8) is 0 Å². The lowest BCUT2D eigenvalue weighted by Gasteiger charge is -2.16. The Balaban J connectivity index is 2.86. The van der Waals surface area contributed by atoms with Crippen molar-refractivity contribution < 1.29 is 4.74 Å². The van der Waals surface area contributed by atoms with Crippen molar-refractivity contribution in [1.82, 2.24) is 9.97 Å². The summed E-state index contributed by atoms with van der Waals surface area (Å²) in [7, 11) is 0. The molecule has 1 aromatic rings. The van der Waals surface area contributed by atoms with Gasteiger partial charge in [-0.2, -0.15) is 4.98 Å². The normalized spacial score (nSPS) is 12.2. The molecule has 21 heavy (non-hydrogen) atoms. The van der Waals surface area contributed by atoms with E-state index in [4.69, 9.17) is 4.74 Å². The summed E-state index contributed by atoms with van der Waals surface area (Å²) in [6.07, 6.45) is 5.39. The smallest absolute Gasteiger partial charge is 0.221 e. The van der Waals surface area contributed by atoms with Crippen LogP contribution >= 0.6 is 0 Å². The second kappa shape index (κ2) is 9.59. The van der Waals surface area contributed by atoms with Gasteiger partial charge in [0.2, 0.25) is 5.88 Å². The number of ether oxygens (including phenoxy) is 1. The first-order chi connectivity index (χ1) is 10.1. The van der Waals surface area contributed by atoms with Gasteiger partial charge < -0.3 is 10.1 Å². The average Bonchev–Trinajstić information content (AvgIpc) is 2.46. The molecule has 1 rings (SSSR count). The third-order valence-corrected chi connectivity index (χ3v) is 3.45. The number of anilines is 1. The molecule has 0 amide bonds. The highest BCUT2D eigenvalue weighted by Gasteiger charge is 2.13. The standard InChI is InChI=1S/C17H31N3O/c1-6-9-13(4)12-21-17-14(5)16(18-11-8-3)19-15(20-17)10-7-2/h13H,6-12H2,1-5H3,(H,18,19,20). The van der Waals surface area contributed by atoms with Crippen LogP contribution in [0.5, 0.6) is 5.88 Å². The van der Waals surface area contributed by atoms with Gasteiger partial charge in [-0.25, -0.2) is 4.98 Å². The Morgan fingerprint density at radius 3 is 2.48 bits per heavy atom. The van der Waals surface area contributed by atoms with Crippen molar-refractivity contribution in [1.29, 1.82) is 0 Å². The molecule has 1 N–H and O–H groups in total. The van der Waals surface area contributed by atoms with Crippen molar-refractivity contribution in [3.05, 3.63) is 11.4 Å². The lowest BCUT2D eigenvalue weighted by atomic mass is 10.1. The van der Waals surface area contributed by atoms with Gasteiger partial charge in [-0.15, -0.1) is 0 Å². The highest BCUT2D eigenvalue weighted by atomic mass is 16.5. The number of nitrogens with zero attached hydrogens (tertiary/aromatic N) is 2. The van der Waals surface area contributed by atoms with Crippen LogP contribution in [0, 0.1) is 12.8 Å². The van der Waals surface area contributed by atoms with Crippen LogP contribution in [-0.4, -0.2) is 23.1 Å². The average molecular weight is 293 g/mol. The van der Waals surface area contributed by atoms with Gasteiger partial charge in [-0.1, -0.05) is 34.1 Å². The van der Waals surface area contributed by atoms with Crippen molar-refractivity contribution in [3.8, 4) is 5.88 Å². The summed E-state index contributed by atoms with van der Waals surface area (Å²) in [4.78, 5) is 9.21. The van der Waals surface area contributed by atoms with Crippen LogP contribution in [0.1, 0.15) is 64.8 Å². The van der Waals surface area contributed by atoms with Crippen LogP contribution in [0.25, 0.3) is 0 Å². The first-order valence-corrected chi connectivity index (χ1v) is 8.36. The molecule has 1 unspecified atom stereocenters. The van der Waals surface area contributed by atoms with Crippen LogP contribution in [0.4, 0.5) is 5.82 Å². The van der Waals surface area contributed by atoms with E-state index in [0.717, 1.165) is 55.5 Å². The van der Waals surface area contributed by atoms with E-state index in [1.54, 1.807) is 0 Å². The fourth-order valence-electron chi connectivity index (χ4n) is 2.23. The summed E-state index contributed by atoms with van der Waals surface area (Å²) in [6, 6.07) is 0. The molecule has 1 heterocycles. The van der Waals surface area contributed by atoms with E-state index < -0.39 is 0 Å². The lowest BCUT2D eigenvalue weighted by molar-refractivity contribution is 0.240. The van der Waals surface area contributed by atoms with Crippen LogP contribution in [0.3, 0.4) is 0 Å². The highest BCUT2D eigenvalue weighted by molar-refractivity contribution is 5.48. The van der Waals surface area contributed by atoms with Crippen molar-refractivity contribution >= 4 is 5.82 Å². The zero-order valence-electron chi connectivity index (χ0n) is 14.3. The molecule has 120 valence electrons. The van der Waals surface area contributed by atoms with Crippen molar-refractivity contribution in [2.24, 2.45) is 5.92 Å². The van der Waals surface area contributed by atoms with E-state index in [2.05, 4.69) is 43.0 Å². The number of aryl methyl sites for hydroxylation is 1. The maximum absolute atomic E-state index is 5.97. The third kappa shape index (κ3) is 5.90. The summed E-state index contributed by atoms with van der Waals surface area (Å²) < 4.78 is 5.97. The Morgan fingerprint density at radius 1 is 1.10 bits per heavy atom. The lowest BCUT2D eigenvalue weighted by Crippen LogP contribution is -2.13. The molecule has 0 radical (unpaired) electrons. The topological polar surface area (TPSA) is 47.0 Å². The van der Waals surface area contributed by atoms with Crippen molar-refractivity contribution in [2.45, 2.75) is 66.7 Å². The zero-order chi connectivity index (χ0) is 15.7. The first-order valence-electron chi connectivity index (χ1n) is 8.36. The summed E-state index contributed by atoms with van der Waals surface area (Å²) in [5, 5.41) is 3.38. The van der Waals surface area contributed by atoms with E-state index in [9.17, 15) is 0 Å². The fourth-order valence-corrected chi connectivity index (χ4v) is 2.23. The third-order valence-electron chi connectivity index (χ3n) is 3.45. The van der Waals surface area contributed by atoms with Gasteiger partial charge in [0.05, 0.1) is 12.2 Å². The summed E-state index contributed by atoms with van der Waals surface area (Å²) in [6.45, 7) is 12.4. The molecule has 1 aromatic heterocycles. The molecule has 0 saturated carbocycles. The molecule has 0 aliphatic heterocycles. The molecule has 0 aliphatic carbocycles. The van der Waals surface area contributed by atoms with Crippen LogP contribution in [0.15, 0.2) is 0 Å². The van der Waals surface area contributed by atoms with Gasteiger partial charge >= 0.3 is 0 Å². The molecular formula is C17H31N3O. The van der Waals surface area contributed by atoms with Gasteiger partial charge in [0.15, 0.2) is 0 Å². The Hall–Kier alpha value is -1.32. The molecule has 0 fully saturated rings. The van der Waals surface area contributed by atoms with E-state index in [1.807, 2.05) is 6.92 Å². The fraction of sp³-hybridized carbons (Fsp3) is 0.765. The van der Waals surface area contributed by atoms with E-state index in [0.29, 0.717) is 5.92 Å². The Kier molecular flexibility index (Phi) is 8.09. The van der Waals surface area contributed by atoms with E-state index in [-0.39, 0.29) is 0 Å². The number of hydrogen-bond acceptors (Lipinski definition) is 4. The number of rotatable bonds is 10. The number of aromatic nitrogens is 2. The van der Waals surface area contributed by atoms with Gasteiger partial charge in [-0.05, 0) is 32.1 Å². The van der Waals surface area contributed by atoms with Crippen molar-refractivity contribution in [2.75, 3.05) is 18.5 Å². The van der Waals surface area contributed by atoms with Crippen LogP contribution in [-0.2, 0) is 6.42 Å². The molecule has 0 saturated heterocycles. The number of nitrogens with one attached hydrogen (secondary N) is 1. The molecule has 0 aliphatic rings. The molecule has 0 bridgehead atoms. The van der Waals surface area contributed by atoms with E-state index in [1.165, 1.54) is 12.8 Å². The second-order valence-corrected chi connectivity index (χ2v) is 5.80. The Morgan fingerprint density at radius 2 is 1.86 bits per heavy atom. The number of hydrogen-bond donors (Lipinski definition) is 1. The largest absolute Gasteiger partial charge is 0.477 e. The van der Waals surface area contributed by atoms with Gasteiger partial charge in [0.25, 0.3) is 0 Å².